The number of hydrogen-bond acceptors (Lipinski definition) is 2. The second-order valence-corrected chi connectivity index (χ2v) is 1.99. The molecule has 4 nitrogen and oxygen atoms in total. The van der Waals surface area contributed by atoms with E-state index < -0.39 is 5.91 Å². The molecule has 0 aliphatic heterocycles. The van der Waals surface area contributed by atoms with Crippen LogP contribution in [0.4, 0.5) is 0 Å². The van der Waals surface area contributed by atoms with Gasteiger partial charge in [-0.05, 0) is 12.3 Å². The highest BCUT2D eigenvalue weighted by atomic mass is 16.1. The van der Waals surface area contributed by atoms with E-state index in [1.807, 2.05) is 0 Å². The maximum Gasteiger partial charge on any atom is 0.293 e. The average molecular weight is 154 g/mol. The first kappa shape index (κ1) is 9.50. The lowest BCUT2D eigenvalue weighted by atomic mass is 10.2. The largest absolute Gasteiger partial charge is 0.370 e. The van der Waals surface area contributed by atoms with Crippen molar-refractivity contribution in [3.05, 3.63) is 0 Å². The van der Waals surface area contributed by atoms with Crippen LogP contribution in [-0.2, 0) is 9.59 Å². The fraction of sp³-hybridized carbons (Fsp3) is 0.429. The molecule has 0 aromatic rings. The minimum Gasteiger partial charge on any atom is -0.370 e. The maximum atomic E-state index is 10.2. The molecule has 0 bridgehead atoms. The number of rotatable bonds is 3. The third kappa shape index (κ3) is 8.50. The number of unbranched alkanes of at least 4 members (excludes halogenated alkanes) is 1. The minimum absolute atomic E-state index is 0.299. The normalized spacial score (nSPS) is 8.00. The molecular formula is C7H10N2O2. The molecule has 0 aromatic carbocycles. The molecule has 11 heavy (non-hydrogen) atoms. The highest BCUT2D eigenvalue weighted by molar-refractivity contribution is 5.91. The van der Waals surface area contributed by atoms with Gasteiger partial charge in [-0.1, -0.05) is 5.92 Å². The molecule has 0 radical (unpaired) electrons. The lowest BCUT2D eigenvalue weighted by Crippen LogP contribution is -2.09. The zero-order valence-corrected chi connectivity index (χ0v) is 6.09. The molecule has 0 unspecified atom stereocenters. The third-order valence-corrected chi connectivity index (χ3v) is 0.937. The van der Waals surface area contributed by atoms with Crippen LogP contribution in [0, 0.1) is 11.8 Å². The summed E-state index contributed by atoms with van der Waals surface area (Å²) in [5.41, 5.74) is 9.59. The van der Waals surface area contributed by atoms with Gasteiger partial charge in [0.1, 0.15) is 0 Å². The van der Waals surface area contributed by atoms with E-state index in [4.69, 9.17) is 11.5 Å². The van der Waals surface area contributed by atoms with Crippen LogP contribution in [0.5, 0.6) is 0 Å². The monoisotopic (exact) mass is 154 g/mol. The highest BCUT2D eigenvalue weighted by Gasteiger charge is 1.90. The predicted molar refractivity (Wildman–Crippen MR) is 40.0 cm³/mol. The Morgan fingerprint density at radius 1 is 1.27 bits per heavy atom. The van der Waals surface area contributed by atoms with Gasteiger partial charge in [-0.15, -0.1) is 0 Å². The molecule has 4 heteroatoms. The van der Waals surface area contributed by atoms with Crippen LogP contribution < -0.4 is 11.5 Å². The van der Waals surface area contributed by atoms with Crippen molar-refractivity contribution in [2.24, 2.45) is 11.5 Å². The average Bonchev–Trinajstić information content (AvgIpc) is 1.85. The van der Waals surface area contributed by atoms with E-state index in [-0.39, 0.29) is 5.91 Å². The zero-order chi connectivity index (χ0) is 8.69. The van der Waals surface area contributed by atoms with Crippen LogP contribution in [0.25, 0.3) is 0 Å². The second kappa shape index (κ2) is 5.30. The molecule has 0 aromatic heterocycles. The molecule has 0 fully saturated rings. The van der Waals surface area contributed by atoms with E-state index in [0.717, 1.165) is 0 Å². The molecule has 0 saturated carbocycles. The van der Waals surface area contributed by atoms with Crippen molar-refractivity contribution >= 4 is 11.8 Å². The first-order valence-corrected chi connectivity index (χ1v) is 3.19. The van der Waals surface area contributed by atoms with Crippen LogP contribution in [0.15, 0.2) is 0 Å². The number of amides is 2. The molecule has 4 N–H and O–H groups in total. The van der Waals surface area contributed by atoms with Crippen LogP contribution in [0.1, 0.15) is 19.3 Å². The quantitative estimate of drug-likeness (QED) is 0.409. The molecule has 0 saturated heterocycles. The maximum absolute atomic E-state index is 10.2. The molecule has 0 aliphatic rings. The van der Waals surface area contributed by atoms with E-state index in [0.29, 0.717) is 19.3 Å². The fourth-order valence-electron chi connectivity index (χ4n) is 0.501. The summed E-state index contributed by atoms with van der Waals surface area (Å²) in [4.78, 5) is 20.2. The smallest absolute Gasteiger partial charge is 0.293 e. The Bertz CT molecular complexity index is 212. The number of primary amides is 2. The van der Waals surface area contributed by atoms with Crippen LogP contribution in [0.3, 0.4) is 0 Å². The number of carbonyl (C=O) groups is 2. The number of carbonyl (C=O) groups excluding carboxylic acids is 2. The lowest BCUT2D eigenvalue weighted by molar-refractivity contribution is -0.118. The minimum atomic E-state index is -0.649. The van der Waals surface area contributed by atoms with Gasteiger partial charge in [0.15, 0.2) is 0 Å². The Balaban J connectivity index is 3.37. The molecule has 0 aliphatic carbocycles. The van der Waals surface area contributed by atoms with Crippen molar-refractivity contribution < 1.29 is 9.59 Å². The molecule has 0 heterocycles. The Kier molecular flexibility index (Phi) is 4.58. The van der Waals surface area contributed by atoms with E-state index >= 15 is 0 Å². The number of hydrogen-bond donors (Lipinski definition) is 2. The summed E-state index contributed by atoms with van der Waals surface area (Å²) in [5, 5.41) is 0. The van der Waals surface area contributed by atoms with Gasteiger partial charge >= 0.3 is 0 Å². The van der Waals surface area contributed by atoms with Crippen LogP contribution >= 0.6 is 0 Å². The first-order valence-electron chi connectivity index (χ1n) is 3.19. The summed E-state index contributed by atoms with van der Waals surface area (Å²) in [6.07, 6.45) is 1.36. The van der Waals surface area contributed by atoms with Gasteiger partial charge in [-0.2, -0.15) is 0 Å². The van der Waals surface area contributed by atoms with Gasteiger partial charge in [-0.25, -0.2) is 0 Å². The SMILES string of the molecule is NC(=O)C#CCCCC(N)=O. The molecule has 2 amide bonds. The third-order valence-electron chi connectivity index (χ3n) is 0.937. The van der Waals surface area contributed by atoms with Crippen molar-refractivity contribution in [1.29, 1.82) is 0 Å². The topological polar surface area (TPSA) is 86.2 Å². The molecular weight excluding hydrogens is 144 g/mol. The standard InChI is InChI=1S/C7H10N2O2/c8-6(10)4-2-1-3-5-7(9)11/h1-2,4H2,(H2,8,10)(H2,9,11). The van der Waals surface area contributed by atoms with Crippen molar-refractivity contribution in [3.63, 3.8) is 0 Å². The Morgan fingerprint density at radius 3 is 2.36 bits per heavy atom. The van der Waals surface area contributed by atoms with Gasteiger partial charge in [-0.3, -0.25) is 9.59 Å². The van der Waals surface area contributed by atoms with E-state index in [2.05, 4.69) is 11.8 Å². The summed E-state index contributed by atoms with van der Waals surface area (Å²) in [6.45, 7) is 0. The summed E-state index contributed by atoms with van der Waals surface area (Å²) in [6, 6.07) is 0. The van der Waals surface area contributed by atoms with Gasteiger partial charge in [0.25, 0.3) is 5.91 Å². The molecule has 0 rings (SSSR count). The Labute approximate surface area is 64.9 Å². The second-order valence-electron chi connectivity index (χ2n) is 1.99. The molecule has 60 valence electrons. The lowest BCUT2D eigenvalue weighted by Gasteiger charge is -1.87. The summed E-state index contributed by atoms with van der Waals surface area (Å²) in [5.74, 6) is 3.66. The van der Waals surface area contributed by atoms with Crippen molar-refractivity contribution in [3.8, 4) is 11.8 Å². The summed E-state index contributed by atoms with van der Waals surface area (Å²) < 4.78 is 0. The van der Waals surface area contributed by atoms with Crippen molar-refractivity contribution in [2.45, 2.75) is 19.3 Å². The van der Waals surface area contributed by atoms with Gasteiger partial charge in [0.05, 0.1) is 0 Å². The van der Waals surface area contributed by atoms with E-state index in [1.54, 1.807) is 0 Å². The van der Waals surface area contributed by atoms with Crippen LogP contribution in [0.2, 0.25) is 0 Å². The van der Waals surface area contributed by atoms with Crippen LogP contribution in [-0.4, -0.2) is 11.8 Å². The molecule has 0 spiro atoms. The first-order chi connectivity index (χ1) is 5.13. The summed E-state index contributed by atoms with van der Waals surface area (Å²) in [7, 11) is 0. The number of nitrogens with two attached hydrogens (primary N) is 2. The molecule has 0 atom stereocenters. The van der Waals surface area contributed by atoms with E-state index in [1.165, 1.54) is 0 Å². The van der Waals surface area contributed by atoms with Gasteiger partial charge < -0.3 is 11.5 Å². The summed E-state index contributed by atoms with van der Waals surface area (Å²) >= 11 is 0. The van der Waals surface area contributed by atoms with E-state index in [9.17, 15) is 9.59 Å². The highest BCUT2D eigenvalue weighted by Crippen LogP contribution is 1.91. The zero-order valence-electron chi connectivity index (χ0n) is 6.09. The Hall–Kier alpha value is -1.50. The van der Waals surface area contributed by atoms with Crippen molar-refractivity contribution in [1.82, 2.24) is 0 Å². The van der Waals surface area contributed by atoms with Gasteiger partial charge in [0, 0.05) is 12.8 Å². The van der Waals surface area contributed by atoms with Crippen molar-refractivity contribution in [2.75, 3.05) is 0 Å². The Morgan fingerprint density at radius 2 is 1.91 bits per heavy atom. The van der Waals surface area contributed by atoms with Gasteiger partial charge in [0.2, 0.25) is 5.91 Å². The fourth-order valence-corrected chi connectivity index (χ4v) is 0.501. The predicted octanol–water partition coefficient (Wildman–Crippen LogP) is -0.869.